The molecule has 1 fully saturated rings. The second-order valence-electron chi connectivity index (χ2n) is 14.5. The summed E-state index contributed by atoms with van der Waals surface area (Å²) in [5, 5.41) is 10.8. The molecule has 1 aliphatic rings. The van der Waals surface area contributed by atoms with Crippen molar-refractivity contribution < 1.29 is 23.1 Å². The maximum Gasteiger partial charge on any atom is 0.192 e. The minimum atomic E-state index is -2.23. The molecule has 4 atom stereocenters. The van der Waals surface area contributed by atoms with Gasteiger partial charge in [0.1, 0.15) is 19.6 Å². The number of aliphatic hydroxyl groups excluding tert-OH is 1. The predicted octanol–water partition coefficient (Wildman–Crippen LogP) is 6.04. The van der Waals surface area contributed by atoms with Gasteiger partial charge in [-0.05, 0) is 54.4 Å². The van der Waals surface area contributed by atoms with Gasteiger partial charge >= 0.3 is 0 Å². The first-order chi connectivity index (χ1) is 14.3. The summed E-state index contributed by atoms with van der Waals surface area (Å²) in [5.41, 5.74) is -1.06. The largest absolute Gasteiger partial charge is 0.414 e. The van der Waals surface area contributed by atoms with E-state index in [9.17, 15) is 5.11 Å². The fourth-order valence-corrected chi connectivity index (χ4v) is 6.67. The molecule has 5 nitrogen and oxygen atoms in total. The minimum Gasteiger partial charge on any atom is -0.414 e. The van der Waals surface area contributed by atoms with Crippen LogP contribution in [0.4, 0.5) is 0 Å². The van der Waals surface area contributed by atoms with Crippen LogP contribution in [0.15, 0.2) is 0 Å². The van der Waals surface area contributed by atoms with Crippen molar-refractivity contribution in [3.05, 3.63) is 0 Å². The smallest absolute Gasteiger partial charge is 0.192 e. The summed E-state index contributed by atoms with van der Waals surface area (Å²) in [5.74, 6) is 0. The third kappa shape index (κ3) is 6.84. The number of hydrogen-bond donors (Lipinski definition) is 1. The molecule has 0 spiro atoms. The summed E-state index contributed by atoms with van der Waals surface area (Å²) >= 11 is 0. The fourth-order valence-electron chi connectivity index (χ4n) is 3.00. The van der Waals surface area contributed by atoms with Gasteiger partial charge in [0, 0.05) is 6.00 Å². The maximum absolute atomic E-state index is 10.7. The topological polar surface area (TPSA) is 57.2 Å². The molecule has 1 unspecified atom stereocenters. The van der Waals surface area contributed by atoms with Gasteiger partial charge < -0.3 is 23.1 Å². The molecule has 33 heavy (non-hydrogen) atoms. The van der Waals surface area contributed by atoms with Crippen molar-refractivity contribution in [2.75, 3.05) is 13.2 Å². The highest BCUT2D eigenvalue weighted by atomic mass is 28.4. The molecule has 0 saturated carbocycles. The van der Waals surface area contributed by atoms with E-state index in [1.807, 2.05) is 0 Å². The molecule has 0 bridgehead atoms. The Morgan fingerprint density at radius 3 is 1.52 bits per heavy atom. The summed E-state index contributed by atoms with van der Waals surface area (Å²) in [6.45, 7) is 33.2. The SMILES string of the molecule is [B][C@@H]1O[C@](CO)(CO[Si](C)(C)C(C)(C)C)[C@@H](O[Si](C)(C)C(C)(C)C)C1O[Si](C)(C)C(C)(C)C. The van der Waals surface area contributed by atoms with Crippen molar-refractivity contribution in [3.8, 4) is 0 Å². The van der Waals surface area contributed by atoms with E-state index >= 15 is 0 Å². The Hall–Kier alpha value is 0.516. The predicted molar refractivity (Wildman–Crippen MR) is 148 cm³/mol. The monoisotopic (exact) mass is 516 g/mol. The van der Waals surface area contributed by atoms with Crippen LogP contribution in [-0.4, -0.2) is 74.9 Å². The third-order valence-electron chi connectivity index (χ3n) is 8.73. The van der Waals surface area contributed by atoms with E-state index in [2.05, 4.69) is 102 Å². The maximum atomic E-state index is 10.7. The van der Waals surface area contributed by atoms with Crippen LogP contribution < -0.4 is 0 Å². The Morgan fingerprint density at radius 2 is 1.15 bits per heavy atom. The molecule has 9 heteroatoms. The summed E-state index contributed by atoms with van der Waals surface area (Å²) in [4.78, 5) is 0. The highest BCUT2D eigenvalue weighted by molar-refractivity contribution is 6.75. The van der Waals surface area contributed by atoms with Crippen molar-refractivity contribution in [1.82, 2.24) is 0 Å². The van der Waals surface area contributed by atoms with Gasteiger partial charge in [-0.1, -0.05) is 62.3 Å². The Bertz CT molecular complexity index is 664. The van der Waals surface area contributed by atoms with Gasteiger partial charge in [-0.2, -0.15) is 0 Å². The lowest BCUT2D eigenvalue weighted by Gasteiger charge is -2.47. The van der Waals surface area contributed by atoms with Gasteiger partial charge in [0.15, 0.2) is 25.0 Å². The first kappa shape index (κ1) is 31.5. The molecule has 0 aliphatic carbocycles. The Morgan fingerprint density at radius 1 is 0.758 bits per heavy atom. The van der Waals surface area contributed by atoms with Crippen LogP contribution in [-0.2, 0) is 18.0 Å². The van der Waals surface area contributed by atoms with E-state index in [4.69, 9.17) is 25.9 Å². The normalized spacial score (nSPS) is 28.4. The molecule has 0 amide bonds. The molecule has 1 aliphatic heterocycles. The second kappa shape index (κ2) is 9.76. The van der Waals surface area contributed by atoms with Crippen molar-refractivity contribution in [2.24, 2.45) is 0 Å². The van der Waals surface area contributed by atoms with Crippen molar-refractivity contribution in [3.63, 3.8) is 0 Å². The van der Waals surface area contributed by atoms with Crippen molar-refractivity contribution >= 4 is 32.8 Å². The number of aliphatic hydroxyl groups is 1. The van der Waals surface area contributed by atoms with Crippen LogP contribution in [0.3, 0.4) is 0 Å². The van der Waals surface area contributed by atoms with Gasteiger partial charge in [-0.25, -0.2) is 0 Å². The number of hydrogen-bond acceptors (Lipinski definition) is 5. The van der Waals surface area contributed by atoms with E-state index in [1.165, 1.54) is 0 Å². The first-order valence-electron chi connectivity index (χ1n) is 12.4. The lowest BCUT2D eigenvalue weighted by molar-refractivity contribution is -0.118. The minimum absolute atomic E-state index is 0.0103. The van der Waals surface area contributed by atoms with E-state index in [0.29, 0.717) is 0 Å². The highest BCUT2D eigenvalue weighted by Gasteiger charge is 2.59. The lowest BCUT2D eigenvalue weighted by Crippen LogP contribution is -2.60. The van der Waals surface area contributed by atoms with E-state index < -0.39 is 48.8 Å². The number of ether oxygens (including phenoxy) is 1. The average Bonchev–Trinajstić information content (AvgIpc) is 2.82. The molecular formula is C24H53BO5Si3. The second-order valence-corrected chi connectivity index (χ2v) is 28.8. The summed E-state index contributed by atoms with van der Waals surface area (Å²) in [6.07, 6.45) is -0.965. The van der Waals surface area contributed by atoms with Crippen LogP contribution in [0, 0.1) is 0 Å². The molecule has 1 heterocycles. The van der Waals surface area contributed by atoms with Gasteiger partial charge in [0.05, 0.1) is 19.3 Å². The summed E-state index contributed by atoms with van der Waals surface area (Å²) in [6, 6.07) is -0.691. The van der Waals surface area contributed by atoms with Crippen LogP contribution in [0.1, 0.15) is 62.3 Å². The molecule has 1 rings (SSSR count). The van der Waals surface area contributed by atoms with Crippen molar-refractivity contribution in [1.29, 1.82) is 0 Å². The molecule has 1 saturated heterocycles. The quantitative estimate of drug-likeness (QED) is 0.398. The lowest BCUT2D eigenvalue weighted by atomic mass is 9.90. The zero-order chi connectivity index (χ0) is 26.5. The van der Waals surface area contributed by atoms with E-state index in [0.717, 1.165) is 0 Å². The molecule has 0 aromatic carbocycles. The van der Waals surface area contributed by atoms with Gasteiger partial charge in [0.2, 0.25) is 0 Å². The fraction of sp³-hybridized carbons (Fsp3) is 1.00. The van der Waals surface area contributed by atoms with E-state index in [1.54, 1.807) is 0 Å². The molecule has 0 aromatic heterocycles. The van der Waals surface area contributed by atoms with Crippen LogP contribution >= 0.6 is 0 Å². The highest BCUT2D eigenvalue weighted by Crippen LogP contribution is 2.46. The Balaban J connectivity index is 3.47. The molecular weight excluding hydrogens is 463 g/mol. The zero-order valence-electron chi connectivity index (χ0n) is 24.3. The first-order valence-corrected chi connectivity index (χ1v) is 21.1. The van der Waals surface area contributed by atoms with E-state index in [-0.39, 0.29) is 28.3 Å². The van der Waals surface area contributed by atoms with Crippen LogP contribution in [0.5, 0.6) is 0 Å². The van der Waals surface area contributed by atoms with Crippen molar-refractivity contribution in [2.45, 2.75) is 141 Å². The average molecular weight is 517 g/mol. The van der Waals surface area contributed by atoms with Crippen LogP contribution in [0.25, 0.3) is 0 Å². The molecule has 2 radical (unpaired) electrons. The molecule has 1 N–H and O–H groups in total. The zero-order valence-corrected chi connectivity index (χ0v) is 27.3. The summed E-state index contributed by atoms with van der Waals surface area (Å²) in [7, 11) is 0.0769. The van der Waals surface area contributed by atoms with Gasteiger partial charge in [-0.15, -0.1) is 0 Å². The number of rotatable bonds is 8. The standard InChI is InChI=1S/C24H53BO5Si3/c1-21(2,3)31(10,11)27-17-24(16-26)19(30-33(14,15)23(7,8)9)18(20(25)28-24)29-32(12,13)22(4,5)6/h18-20,26H,16-17H2,1-15H3/t18?,19-,20+,24+/m0/s1. The van der Waals surface area contributed by atoms with Gasteiger partial charge in [-0.3, -0.25) is 0 Å². The third-order valence-corrected chi connectivity index (χ3v) is 22.1. The van der Waals surface area contributed by atoms with Gasteiger partial charge in [0.25, 0.3) is 0 Å². The molecule has 194 valence electrons. The Labute approximate surface area is 209 Å². The Kier molecular flexibility index (Phi) is 9.33. The summed E-state index contributed by atoms with van der Waals surface area (Å²) < 4.78 is 26.8. The molecule has 0 aromatic rings. The van der Waals surface area contributed by atoms with Crippen LogP contribution in [0.2, 0.25) is 54.4 Å².